The van der Waals surface area contributed by atoms with E-state index in [9.17, 15) is 13.6 Å². The zero-order valence-corrected chi connectivity index (χ0v) is 6.58. The minimum atomic E-state index is -3.06. The fourth-order valence-electron chi connectivity index (χ4n) is 1.05. The average molecular weight is 190 g/mol. The van der Waals surface area contributed by atoms with Gasteiger partial charge in [-0.15, -0.1) is 0 Å². The van der Waals surface area contributed by atoms with Crippen molar-refractivity contribution >= 4 is 5.97 Å². The molecule has 0 saturated heterocycles. The third kappa shape index (κ3) is 2.35. The van der Waals surface area contributed by atoms with Crippen molar-refractivity contribution in [3.63, 3.8) is 0 Å². The quantitative estimate of drug-likeness (QED) is 0.681. The molecule has 0 aromatic rings. The molecule has 0 aromatic heterocycles. The van der Waals surface area contributed by atoms with Crippen LogP contribution >= 0.6 is 0 Å². The normalized spacial score (nSPS) is 22.2. The summed E-state index contributed by atoms with van der Waals surface area (Å²) in [6.45, 7) is 0. The Morgan fingerprint density at radius 3 is 2.69 bits per heavy atom. The first kappa shape index (κ1) is 9.85. The van der Waals surface area contributed by atoms with Gasteiger partial charge in [-0.25, -0.2) is 13.6 Å². The number of hydrogen-bond donors (Lipinski definition) is 2. The van der Waals surface area contributed by atoms with E-state index in [1.165, 1.54) is 6.08 Å². The van der Waals surface area contributed by atoms with Gasteiger partial charge >= 0.3 is 5.97 Å². The monoisotopic (exact) mass is 190 g/mol. The Hall–Kier alpha value is -1.23. The molecule has 0 heterocycles. The fraction of sp³-hybridized carbons (Fsp3) is 0.375. The lowest BCUT2D eigenvalue weighted by Gasteiger charge is -2.19. The van der Waals surface area contributed by atoms with E-state index < -0.39 is 24.4 Å². The molecule has 0 saturated carbocycles. The molecule has 0 radical (unpaired) electrons. The van der Waals surface area contributed by atoms with Crippen LogP contribution in [0.25, 0.3) is 0 Å². The molecule has 0 aromatic carbocycles. The Morgan fingerprint density at radius 2 is 2.23 bits per heavy atom. The summed E-state index contributed by atoms with van der Waals surface area (Å²) in [7, 11) is 0. The standard InChI is InChI=1S/C8H8F2O3/c9-8(10)3-1-2-5(4-8)6(11)7(12)13/h1-3,6,11H,4H2,(H,12,13). The molecule has 13 heavy (non-hydrogen) atoms. The van der Waals surface area contributed by atoms with Crippen LogP contribution in [0.15, 0.2) is 23.8 Å². The molecule has 1 rings (SSSR count). The number of allylic oxidation sites excluding steroid dienone is 3. The Labute approximate surface area is 73.0 Å². The molecular formula is C8H8F2O3. The Kier molecular flexibility index (Phi) is 2.47. The fourth-order valence-corrected chi connectivity index (χ4v) is 1.05. The second kappa shape index (κ2) is 3.26. The first-order chi connectivity index (χ1) is 5.92. The number of aliphatic hydroxyl groups excluding tert-OH is 1. The highest BCUT2D eigenvalue weighted by Crippen LogP contribution is 2.29. The predicted octanol–water partition coefficient (Wildman–Crippen LogP) is 0.954. The molecule has 1 atom stereocenters. The van der Waals surface area contributed by atoms with Gasteiger partial charge in [-0.1, -0.05) is 12.2 Å². The lowest BCUT2D eigenvalue weighted by Crippen LogP contribution is -2.27. The number of carbonyl (C=O) groups is 1. The van der Waals surface area contributed by atoms with E-state index in [-0.39, 0.29) is 5.57 Å². The molecule has 0 bridgehead atoms. The van der Waals surface area contributed by atoms with Gasteiger partial charge < -0.3 is 10.2 Å². The number of aliphatic hydroxyl groups is 1. The molecule has 0 fully saturated rings. The minimum Gasteiger partial charge on any atom is -0.479 e. The van der Waals surface area contributed by atoms with Crippen LogP contribution in [0.1, 0.15) is 6.42 Å². The van der Waals surface area contributed by atoms with Crippen LogP contribution in [0.3, 0.4) is 0 Å². The summed E-state index contributed by atoms with van der Waals surface area (Å²) in [6.07, 6.45) is 0.333. The van der Waals surface area contributed by atoms with Gasteiger partial charge in [0.05, 0.1) is 0 Å². The first-order valence-electron chi connectivity index (χ1n) is 3.59. The van der Waals surface area contributed by atoms with Gasteiger partial charge in [-0.2, -0.15) is 0 Å². The molecule has 0 amide bonds. The van der Waals surface area contributed by atoms with E-state index in [1.807, 2.05) is 0 Å². The van der Waals surface area contributed by atoms with Gasteiger partial charge in [0.1, 0.15) is 0 Å². The number of alkyl halides is 2. The predicted molar refractivity (Wildman–Crippen MR) is 40.4 cm³/mol. The number of halogens is 2. The van der Waals surface area contributed by atoms with Crippen LogP contribution in [0.5, 0.6) is 0 Å². The largest absolute Gasteiger partial charge is 0.479 e. The van der Waals surface area contributed by atoms with Crippen molar-refractivity contribution in [2.45, 2.75) is 18.4 Å². The van der Waals surface area contributed by atoms with Gasteiger partial charge in [-0.3, -0.25) is 0 Å². The summed E-state index contributed by atoms with van der Waals surface area (Å²) in [5, 5.41) is 17.3. The second-order valence-corrected chi connectivity index (χ2v) is 2.78. The Morgan fingerprint density at radius 1 is 1.62 bits per heavy atom. The number of rotatable bonds is 2. The third-order valence-corrected chi connectivity index (χ3v) is 1.68. The van der Waals surface area contributed by atoms with Crippen LogP contribution in [0.4, 0.5) is 8.78 Å². The SMILES string of the molecule is O=C(O)C(O)C1=CC=CC(F)(F)C1. The maximum atomic E-state index is 12.6. The second-order valence-electron chi connectivity index (χ2n) is 2.78. The van der Waals surface area contributed by atoms with E-state index in [1.54, 1.807) is 0 Å². The molecule has 1 unspecified atom stereocenters. The molecule has 1 aliphatic carbocycles. The van der Waals surface area contributed by atoms with Gasteiger partial charge in [0, 0.05) is 6.42 Å². The van der Waals surface area contributed by atoms with Gasteiger partial charge in [0.15, 0.2) is 6.10 Å². The highest BCUT2D eigenvalue weighted by atomic mass is 19.3. The van der Waals surface area contributed by atoms with Crippen molar-refractivity contribution in [2.75, 3.05) is 0 Å². The van der Waals surface area contributed by atoms with E-state index in [0.717, 1.165) is 6.08 Å². The van der Waals surface area contributed by atoms with E-state index in [0.29, 0.717) is 6.08 Å². The van der Waals surface area contributed by atoms with Crippen molar-refractivity contribution in [2.24, 2.45) is 0 Å². The summed E-state index contributed by atoms with van der Waals surface area (Å²) in [5.74, 6) is -4.57. The highest BCUT2D eigenvalue weighted by molar-refractivity contribution is 5.76. The van der Waals surface area contributed by atoms with Crippen molar-refractivity contribution < 1.29 is 23.8 Å². The van der Waals surface area contributed by atoms with Gasteiger partial charge in [0.2, 0.25) is 0 Å². The minimum absolute atomic E-state index is 0.181. The lowest BCUT2D eigenvalue weighted by atomic mass is 9.97. The smallest absolute Gasteiger partial charge is 0.336 e. The van der Waals surface area contributed by atoms with Crippen molar-refractivity contribution in [3.05, 3.63) is 23.8 Å². The van der Waals surface area contributed by atoms with Crippen LogP contribution in [-0.4, -0.2) is 28.2 Å². The van der Waals surface area contributed by atoms with Crippen LogP contribution in [-0.2, 0) is 4.79 Å². The summed E-state index contributed by atoms with van der Waals surface area (Å²) in [4.78, 5) is 10.2. The van der Waals surface area contributed by atoms with Gasteiger partial charge in [0.25, 0.3) is 5.92 Å². The van der Waals surface area contributed by atoms with Crippen molar-refractivity contribution in [1.29, 1.82) is 0 Å². The average Bonchev–Trinajstić information content (AvgIpc) is 2.01. The summed E-state index contributed by atoms with van der Waals surface area (Å²) < 4.78 is 25.3. The molecule has 2 N–H and O–H groups in total. The maximum absolute atomic E-state index is 12.6. The van der Waals surface area contributed by atoms with Crippen molar-refractivity contribution in [1.82, 2.24) is 0 Å². The number of carboxylic acids is 1. The summed E-state index contributed by atoms with van der Waals surface area (Å²) >= 11 is 0. The summed E-state index contributed by atoms with van der Waals surface area (Å²) in [5.41, 5.74) is -0.181. The van der Waals surface area contributed by atoms with Crippen molar-refractivity contribution in [3.8, 4) is 0 Å². The third-order valence-electron chi connectivity index (χ3n) is 1.68. The molecular weight excluding hydrogens is 182 g/mol. The number of aliphatic carboxylic acids is 1. The van der Waals surface area contributed by atoms with E-state index >= 15 is 0 Å². The summed E-state index contributed by atoms with van der Waals surface area (Å²) in [6, 6.07) is 0. The molecule has 5 heteroatoms. The topological polar surface area (TPSA) is 57.5 Å². The van der Waals surface area contributed by atoms with E-state index in [4.69, 9.17) is 10.2 Å². The molecule has 0 spiro atoms. The zero-order valence-electron chi connectivity index (χ0n) is 6.58. The number of hydrogen-bond acceptors (Lipinski definition) is 2. The number of carboxylic acid groups (broad SMARTS) is 1. The van der Waals surface area contributed by atoms with E-state index in [2.05, 4.69) is 0 Å². The van der Waals surface area contributed by atoms with Crippen LogP contribution in [0, 0.1) is 0 Å². The van der Waals surface area contributed by atoms with Crippen LogP contribution in [0.2, 0.25) is 0 Å². The molecule has 1 aliphatic rings. The zero-order chi connectivity index (χ0) is 10.1. The Balaban J connectivity index is 2.79. The molecule has 72 valence electrons. The first-order valence-corrected chi connectivity index (χ1v) is 3.59. The Bertz CT molecular complexity index is 281. The van der Waals surface area contributed by atoms with Gasteiger partial charge in [-0.05, 0) is 11.6 Å². The highest BCUT2D eigenvalue weighted by Gasteiger charge is 2.33. The maximum Gasteiger partial charge on any atom is 0.336 e. The van der Waals surface area contributed by atoms with Crippen LogP contribution < -0.4 is 0 Å². The molecule has 3 nitrogen and oxygen atoms in total. The lowest BCUT2D eigenvalue weighted by molar-refractivity contribution is -0.144. The molecule has 0 aliphatic heterocycles.